The number of carbonyl (C=O) groups is 1. The number of benzene rings is 1. The molecule has 1 N–H and O–H groups in total. The van der Waals surface area contributed by atoms with E-state index in [1.54, 1.807) is 0 Å². The van der Waals surface area contributed by atoms with E-state index in [1.165, 1.54) is 0 Å². The third-order valence-corrected chi connectivity index (χ3v) is 3.37. The third kappa shape index (κ3) is 3.65. The fourth-order valence-corrected chi connectivity index (χ4v) is 2.38. The summed E-state index contributed by atoms with van der Waals surface area (Å²) in [6.45, 7) is 8.96. The fraction of sp³-hybridized carbons (Fsp3) is 0.562. The number of para-hydroxylation sites is 1. The van der Waals surface area contributed by atoms with Gasteiger partial charge in [0, 0.05) is 12.5 Å². The second-order valence-corrected chi connectivity index (χ2v) is 6.32. The Balaban J connectivity index is 2.00. The summed E-state index contributed by atoms with van der Waals surface area (Å²) in [6.07, 6.45) is -0.367. The Bertz CT molecular complexity index is 479. The van der Waals surface area contributed by atoms with Gasteiger partial charge in [0.2, 0.25) is 0 Å². The van der Waals surface area contributed by atoms with Crippen molar-refractivity contribution >= 4 is 6.09 Å². The van der Waals surface area contributed by atoms with Crippen LogP contribution in [0.3, 0.4) is 0 Å². The Hall–Kier alpha value is -1.71. The minimum atomic E-state index is -0.469. The molecule has 0 aromatic heterocycles. The summed E-state index contributed by atoms with van der Waals surface area (Å²) in [5, 5.41) is 2.86. The zero-order valence-corrected chi connectivity index (χ0v) is 12.6. The summed E-state index contributed by atoms with van der Waals surface area (Å²) in [6, 6.07) is 8.00. The molecule has 20 heavy (non-hydrogen) atoms. The van der Waals surface area contributed by atoms with E-state index in [0.29, 0.717) is 19.1 Å². The van der Waals surface area contributed by atoms with Crippen molar-refractivity contribution in [3.8, 4) is 5.75 Å². The first kappa shape index (κ1) is 14.7. The molecule has 1 heterocycles. The molecule has 110 valence electrons. The molecule has 0 spiro atoms. The van der Waals surface area contributed by atoms with E-state index >= 15 is 0 Å². The lowest BCUT2D eigenvalue weighted by molar-refractivity contribution is 0.0516. The minimum absolute atomic E-state index is 0.257. The molecule has 0 aliphatic carbocycles. The van der Waals surface area contributed by atoms with Crippen LogP contribution in [-0.4, -0.2) is 24.8 Å². The van der Waals surface area contributed by atoms with Crippen molar-refractivity contribution in [2.45, 2.75) is 39.2 Å². The van der Waals surface area contributed by atoms with Gasteiger partial charge in [-0.05, 0) is 38.3 Å². The first-order valence-electron chi connectivity index (χ1n) is 7.05. The van der Waals surface area contributed by atoms with E-state index < -0.39 is 5.60 Å². The van der Waals surface area contributed by atoms with E-state index in [1.807, 2.05) is 39.0 Å². The topological polar surface area (TPSA) is 47.6 Å². The van der Waals surface area contributed by atoms with Crippen molar-refractivity contribution in [1.29, 1.82) is 0 Å². The van der Waals surface area contributed by atoms with E-state index in [-0.39, 0.29) is 12.0 Å². The lowest BCUT2D eigenvalue weighted by Crippen LogP contribution is -2.38. The van der Waals surface area contributed by atoms with Gasteiger partial charge in [-0.15, -0.1) is 0 Å². The van der Waals surface area contributed by atoms with Crippen molar-refractivity contribution < 1.29 is 14.3 Å². The third-order valence-electron chi connectivity index (χ3n) is 3.37. The maximum atomic E-state index is 11.8. The monoisotopic (exact) mass is 277 g/mol. The zero-order valence-electron chi connectivity index (χ0n) is 12.6. The predicted octanol–water partition coefficient (Wildman–Crippen LogP) is 3.32. The summed E-state index contributed by atoms with van der Waals surface area (Å²) in [4.78, 5) is 11.8. The Labute approximate surface area is 120 Å². The Kier molecular flexibility index (Phi) is 4.21. The number of ether oxygens (including phenoxy) is 2. The van der Waals surface area contributed by atoms with Crippen molar-refractivity contribution in [2.24, 2.45) is 5.92 Å². The standard InChI is InChI=1S/C16H23NO3/c1-11-10-19-14-8-6-5-7-12(14)13(11)9-17-15(18)20-16(2,3)4/h5-8,11,13H,9-10H2,1-4H3,(H,17,18)/t11?,13-/m1/s1. The molecule has 0 bridgehead atoms. The largest absolute Gasteiger partial charge is 0.493 e. The minimum Gasteiger partial charge on any atom is -0.493 e. The number of amides is 1. The molecule has 1 aliphatic heterocycles. The number of hydrogen-bond donors (Lipinski definition) is 1. The van der Waals surface area contributed by atoms with Gasteiger partial charge in [0.05, 0.1) is 6.61 Å². The van der Waals surface area contributed by atoms with Gasteiger partial charge in [-0.25, -0.2) is 4.79 Å². The second kappa shape index (κ2) is 5.73. The van der Waals surface area contributed by atoms with Crippen LogP contribution in [0.5, 0.6) is 5.75 Å². The maximum Gasteiger partial charge on any atom is 0.407 e. The van der Waals surface area contributed by atoms with Gasteiger partial charge < -0.3 is 14.8 Å². The van der Waals surface area contributed by atoms with Gasteiger partial charge in [-0.3, -0.25) is 0 Å². The first-order valence-corrected chi connectivity index (χ1v) is 7.05. The van der Waals surface area contributed by atoms with Crippen LogP contribution in [0, 0.1) is 5.92 Å². The van der Waals surface area contributed by atoms with E-state index in [4.69, 9.17) is 9.47 Å². The van der Waals surface area contributed by atoms with E-state index in [0.717, 1.165) is 11.3 Å². The van der Waals surface area contributed by atoms with Crippen LogP contribution in [0.1, 0.15) is 39.2 Å². The van der Waals surface area contributed by atoms with Gasteiger partial charge in [-0.1, -0.05) is 25.1 Å². The molecule has 1 aromatic rings. The summed E-state index contributed by atoms with van der Waals surface area (Å²) < 4.78 is 11.0. The van der Waals surface area contributed by atoms with Gasteiger partial charge in [0.1, 0.15) is 11.4 Å². The van der Waals surface area contributed by atoms with Gasteiger partial charge >= 0.3 is 6.09 Å². The van der Waals surface area contributed by atoms with Crippen LogP contribution in [0.15, 0.2) is 24.3 Å². The summed E-state index contributed by atoms with van der Waals surface area (Å²) in [5.74, 6) is 1.54. The van der Waals surface area contributed by atoms with Gasteiger partial charge in [0.25, 0.3) is 0 Å². The Morgan fingerprint density at radius 3 is 2.80 bits per heavy atom. The summed E-state index contributed by atoms with van der Waals surface area (Å²) in [7, 11) is 0. The number of carbonyl (C=O) groups excluding carboxylic acids is 1. The average Bonchev–Trinajstić information content (AvgIpc) is 2.35. The first-order chi connectivity index (χ1) is 9.37. The van der Waals surface area contributed by atoms with Crippen LogP contribution < -0.4 is 10.1 Å². The molecular formula is C16H23NO3. The van der Waals surface area contributed by atoms with Gasteiger partial charge in [0.15, 0.2) is 0 Å². The quantitative estimate of drug-likeness (QED) is 0.902. The number of hydrogen-bond acceptors (Lipinski definition) is 3. The van der Waals surface area contributed by atoms with Gasteiger partial charge in [-0.2, -0.15) is 0 Å². The highest BCUT2D eigenvalue weighted by atomic mass is 16.6. The highest BCUT2D eigenvalue weighted by Crippen LogP contribution is 2.36. The molecule has 1 amide bonds. The van der Waals surface area contributed by atoms with Crippen molar-refractivity contribution in [1.82, 2.24) is 5.32 Å². The van der Waals surface area contributed by atoms with Crippen molar-refractivity contribution in [3.05, 3.63) is 29.8 Å². The number of rotatable bonds is 2. The second-order valence-electron chi connectivity index (χ2n) is 6.32. The molecule has 0 fully saturated rings. The smallest absolute Gasteiger partial charge is 0.407 e. The highest BCUT2D eigenvalue weighted by Gasteiger charge is 2.28. The Morgan fingerprint density at radius 1 is 1.40 bits per heavy atom. The van der Waals surface area contributed by atoms with E-state index in [9.17, 15) is 4.79 Å². The number of fused-ring (bicyclic) bond motifs is 1. The van der Waals surface area contributed by atoms with Crippen molar-refractivity contribution in [2.75, 3.05) is 13.2 Å². The lowest BCUT2D eigenvalue weighted by atomic mass is 9.85. The molecule has 0 radical (unpaired) electrons. The Morgan fingerprint density at radius 2 is 2.10 bits per heavy atom. The molecule has 0 saturated heterocycles. The molecule has 1 aromatic carbocycles. The lowest BCUT2D eigenvalue weighted by Gasteiger charge is -2.31. The summed E-state index contributed by atoms with van der Waals surface area (Å²) >= 11 is 0. The van der Waals surface area contributed by atoms with E-state index in [2.05, 4.69) is 18.3 Å². The molecule has 1 unspecified atom stereocenters. The predicted molar refractivity (Wildman–Crippen MR) is 78.1 cm³/mol. The van der Waals surface area contributed by atoms with Crippen LogP contribution in [0.25, 0.3) is 0 Å². The molecule has 4 heteroatoms. The molecule has 4 nitrogen and oxygen atoms in total. The van der Waals surface area contributed by atoms with Crippen LogP contribution in [0.2, 0.25) is 0 Å². The van der Waals surface area contributed by atoms with Crippen LogP contribution in [0.4, 0.5) is 4.79 Å². The molecule has 0 saturated carbocycles. The zero-order chi connectivity index (χ0) is 14.8. The molecule has 1 aliphatic rings. The summed E-state index contributed by atoms with van der Waals surface area (Å²) in [5.41, 5.74) is 0.686. The number of alkyl carbamates (subject to hydrolysis) is 1. The van der Waals surface area contributed by atoms with Crippen LogP contribution >= 0.6 is 0 Å². The molecular weight excluding hydrogens is 254 g/mol. The van der Waals surface area contributed by atoms with Crippen LogP contribution in [-0.2, 0) is 4.74 Å². The molecule has 2 rings (SSSR count). The SMILES string of the molecule is CC1COc2ccccc2[C@@H]1CNC(=O)OC(C)(C)C. The average molecular weight is 277 g/mol. The highest BCUT2D eigenvalue weighted by molar-refractivity contribution is 5.67. The molecule has 2 atom stereocenters. The fourth-order valence-electron chi connectivity index (χ4n) is 2.38. The number of nitrogens with one attached hydrogen (secondary N) is 1. The maximum absolute atomic E-state index is 11.8. The normalized spacial score (nSPS) is 21.6. The van der Waals surface area contributed by atoms with Crippen molar-refractivity contribution in [3.63, 3.8) is 0 Å².